The Hall–Kier alpha value is -2.27. The van der Waals surface area contributed by atoms with Crippen molar-refractivity contribution in [2.45, 2.75) is 13.5 Å². The van der Waals surface area contributed by atoms with E-state index in [4.69, 9.17) is 9.15 Å². The maximum absolute atomic E-state index is 11.5. The Balaban J connectivity index is 1.73. The molecule has 1 aromatic carbocycles. The van der Waals surface area contributed by atoms with Gasteiger partial charge in [-0.1, -0.05) is 18.2 Å². The molecule has 0 saturated heterocycles. The van der Waals surface area contributed by atoms with Crippen molar-refractivity contribution in [1.82, 2.24) is 5.32 Å². The fraction of sp³-hybridized carbons (Fsp3) is 0.312. The van der Waals surface area contributed by atoms with Crippen LogP contribution >= 0.6 is 0 Å². The molecule has 112 valence electrons. The number of aryl methyl sites for hydroxylation is 1. The first-order chi connectivity index (χ1) is 10.2. The second kappa shape index (κ2) is 7.50. The smallest absolute Gasteiger partial charge is 0.341 e. The number of hydrogen-bond donors (Lipinski definition) is 1. The minimum Gasteiger partial charge on any atom is -0.492 e. The number of rotatable bonds is 7. The number of methoxy groups -OCH3 is 1. The van der Waals surface area contributed by atoms with E-state index in [1.54, 1.807) is 13.0 Å². The van der Waals surface area contributed by atoms with Crippen molar-refractivity contribution >= 4 is 5.97 Å². The van der Waals surface area contributed by atoms with E-state index in [-0.39, 0.29) is 5.97 Å². The van der Waals surface area contributed by atoms with E-state index >= 15 is 0 Å². The minimum atomic E-state index is -0.380. The van der Waals surface area contributed by atoms with Crippen LogP contribution < -0.4 is 10.1 Å². The Morgan fingerprint density at radius 3 is 2.76 bits per heavy atom. The van der Waals surface area contributed by atoms with Gasteiger partial charge in [-0.3, -0.25) is 0 Å². The molecule has 0 bridgehead atoms. The number of para-hydroxylation sites is 1. The van der Waals surface area contributed by atoms with Crippen LogP contribution in [0.4, 0.5) is 0 Å². The third-order valence-corrected chi connectivity index (χ3v) is 2.96. The topological polar surface area (TPSA) is 60.7 Å². The summed E-state index contributed by atoms with van der Waals surface area (Å²) < 4.78 is 15.7. The number of ether oxygens (including phenoxy) is 2. The van der Waals surface area contributed by atoms with E-state index in [9.17, 15) is 4.79 Å². The minimum absolute atomic E-state index is 0.380. The predicted molar refractivity (Wildman–Crippen MR) is 78.4 cm³/mol. The Morgan fingerprint density at radius 1 is 1.29 bits per heavy atom. The van der Waals surface area contributed by atoms with Crippen molar-refractivity contribution in [3.63, 3.8) is 0 Å². The Bertz CT molecular complexity index is 577. The third kappa shape index (κ3) is 4.36. The molecule has 1 N–H and O–H groups in total. The Morgan fingerprint density at radius 2 is 2.05 bits per heavy atom. The second-order valence-electron chi connectivity index (χ2n) is 4.51. The second-order valence-corrected chi connectivity index (χ2v) is 4.51. The molecule has 5 nitrogen and oxygen atoms in total. The monoisotopic (exact) mass is 289 g/mol. The molecule has 21 heavy (non-hydrogen) atoms. The number of furan rings is 1. The van der Waals surface area contributed by atoms with Crippen molar-refractivity contribution in [3.05, 3.63) is 53.5 Å². The van der Waals surface area contributed by atoms with Gasteiger partial charge in [-0.25, -0.2) is 4.79 Å². The van der Waals surface area contributed by atoms with E-state index in [0.717, 1.165) is 5.75 Å². The Kier molecular flexibility index (Phi) is 5.40. The van der Waals surface area contributed by atoms with Gasteiger partial charge in [0.25, 0.3) is 0 Å². The fourth-order valence-electron chi connectivity index (χ4n) is 1.91. The number of nitrogens with one attached hydrogen (secondary N) is 1. The van der Waals surface area contributed by atoms with Crippen molar-refractivity contribution < 1.29 is 18.7 Å². The molecule has 0 aliphatic heterocycles. The first kappa shape index (κ1) is 15.1. The summed E-state index contributed by atoms with van der Waals surface area (Å²) >= 11 is 0. The third-order valence-electron chi connectivity index (χ3n) is 2.96. The van der Waals surface area contributed by atoms with Gasteiger partial charge < -0.3 is 19.2 Å². The maximum Gasteiger partial charge on any atom is 0.341 e. The molecular formula is C16H19NO4. The summed E-state index contributed by atoms with van der Waals surface area (Å²) in [6.45, 7) is 3.53. The lowest BCUT2D eigenvalue weighted by Gasteiger charge is -2.06. The van der Waals surface area contributed by atoms with Crippen molar-refractivity contribution in [2.75, 3.05) is 20.3 Å². The molecule has 0 unspecified atom stereocenters. The van der Waals surface area contributed by atoms with E-state index < -0.39 is 0 Å². The quantitative estimate of drug-likeness (QED) is 0.627. The molecule has 0 spiro atoms. The molecule has 0 radical (unpaired) electrons. The van der Waals surface area contributed by atoms with Gasteiger partial charge in [0.1, 0.15) is 29.4 Å². The van der Waals surface area contributed by atoms with Crippen molar-refractivity contribution in [2.24, 2.45) is 0 Å². The average Bonchev–Trinajstić information content (AvgIpc) is 2.88. The molecule has 0 aliphatic carbocycles. The van der Waals surface area contributed by atoms with Crippen LogP contribution in [0.5, 0.6) is 5.75 Å². The lowest BCUT2D eigenvalue weighted by atomic mass is 10.2. The zero-order valence-corrected chi connectivity index (χ0v) is 12.2. The standard InChI is InChI=1S/C16H19NO4/c1-12-15(16(18)19-2)10-14(21-12)11-17-8-9-20-13-6-4-3-5-7-13/h3-7,10,17H,8-9,11H2,1-2H3. The van der Waals surface area contributed by atoms with Gasteiger partial charge >= 0.3 is 5.97 Å². The lowest BCUT2D eigenvalue weighted by molar-refractivity contribution is 0.0599. The van der Waals surface area contributed by atoms with Crippen LogP contribution in [0.3, 0.4) is 0 Å². The van der Waals surface area contributed by atoms with Crippen LogP contribution in [-0.4, -0.2) is 26.2 Å². The summed E-state index contributed by atoms with van der Waals surface area (Å²) in [5.74, 6) is 1.74. The highest BCUT2D eigenvalue weighted by Crippen LogP contribution is 2.15. The predicted octanol–water partition coefficient (Wildman–Crippen LogP) is 2.54. The molecule has 2 rings (SSSR count). The largest absolute Gasteiger partial charge is 0.492 e. The molecule has 5 heteroatoms. The summed E-state index contributed by atoms with van der Waals surface area (Å²) in [5, 5.41) is 3.20. The summed E-state index contributed by atoms with van der Waals surface area (Å²) in [7, 11) is 1.35. The summed E-state index contributed by atoms with van der Waals surface area (Å²) in [6.07, 6.45) is 0. The van der Waals surface area contributed by atoms with Crippen LogP contribution in [0.1, 0.15) is 21.9 Å². The van der Waals surface area contributed by atoms with Gasteiger partial charge in [0, 0.05) is 6.54 Å². The highest BCUT2D eigenvalue weighted by Gasteiger charge is 2.14. The molecule has 1 heterocycles. The summed E-state index contributed by atoms with van der Waals surface area (Å²) in [5.41, 5.74) is 0.467. The number of benzene rings is 1. The van der Waals surface area contributed by atoms with Gasteiger partial charge in [0.05, 0.1) is 13.7 Å². The average molecular weight is 289 g/mol. The zero-order chi connectivity index (χ0) is 15.1. The summed E-state index contributed by atoms with van der Waals surface area (Å²) in [4.78, 5) is 11.5. The highest BCUT2D eigenvalue weighted by molar-refractivity contribution is 5.90. The van der Waals surface area contributed by atoms with Gasteiger partial charge in [-0.15, -0.1) is 0 Å². The molecule has 0 fully saturated rings. The molecule has 0 amide bonds. The number of carbonyl (C=O) groups excluding carboxylic acids is 1. The summed E-state index contributed by atoms with van der Waals surface area (Å²) in [6, 6.07) is 11.3. The highest BCUT2D eigenvalue weighted by atomic mass is 16.5. The van der Waals surface area contributed by atoms with Crippen LogP contribution in [0.2, 0.25) is 0 Å². The normalized spacial score (nSPS) is 10.4. The SMILES string of the molecule is COC(=O)c1cc(CNCCOc2ccccc2)oc1C. The van der Waals surface area contributed by atoms with Gasteiger partial charge in [0.15, 0.2) is 0 Å². The fourth-order valence-corrected chi connectivity index (χ4v) is 1.91. The number of hydrogen-bond acceptors (Lipinski definition) is 5. The molecular weight excluding hydrogens is 270 g/mol. The van der Waals surface area contributed by atoms with E-state index in [0.29, 0.717) is 36.8 Å². The van der Waals surface area contributed by atoms with E-state index in [1.807, 2.05) is 30.3 Å². The number of carbonyl (C=O) groups is 1. The van der Waals surface area contributed by atoms with Crippen LogP contribution in [0.25, 0.3) is 0 Å². The molecule has 0 atom stereocenters. The lowest BCUT2D eigenvalue weighted by Crippen LogP contribution is -2.20. The zero-order valence-electron chi connectivity index (χ0n) is 12.2. The van der Waals surface area contributed by atoms with Crippen LogP contribution in [0.15, 0.2) is 40.8 Å². The van der Waals surface area contributed by atoms with Crippen molar-refractivity contribution in [1.29, 1.82) is 0 Å². The van der Waals surface area contributed by atoms with Crippen molar-refractivity contribution in [3.8, 4) is 5.75 Å². The molecule has 1 aromatic heterocycles. The van der Waals surface area contributed by atoms with Gasteiger partial charge in [-0.05, 0) is 25.1 Å². The molecule has 0 aliphatic rings. The first-order valence-corrected chi connectivity index (χ1v) is 6.77. The van der Waals surface area contributed by atoms with Gasteiger partial charge in [-0.2, -0.15) is 0 Å². The van der Waals surface area contributed by atoms with Crippen LogP contribution in [0, 0.1) is 6.92 Å². The van der Waals surface area contributed by atoms with E-state index in [1.165, 1.54) is 7.11 Å². The van der Waals surface area contributed by atoms with Crippen LogP contribution in [-0.2, 0) is 11.3 Å². The molecule has 2 aromatic rings. The number of esters is 1. The van der Waals surface area contributed by atoms with E-state index in [2.05, 4.69) is 10.1 Å². The van der Waals surface area contributed by atoms with Gasteiger partial charge in [0.2, 0.25) is 0 Å². The molecule has 0 saturated carbocycles. The maximum atomic E-state index is 11.5. The Labute approximate surface area is 123 Å². The first-order valence-electron chi connectivity index (χ1n) is 6.77.